The molecule has 0 radical (unpaired) electrons. The van der Waals surface area contributed by atoms with Gasteiger partial charge in [-0.3, -0.25) is 9.59 Å². The van der Waals surface area contributed by atoms with Crippen LogP contribution in [0, 0.1) is 5.92 Å². The first kappa shape index (κ1) is 10.0. The van der Waals surface area contributed by atoms with E-state index in [1.54, 1.807) is 6.92 Å². The zero-order valence-corrected chi connectivity index (χ0v) is 7.84. The summed E-state index contributed by atoms with van der Waals surface area (Å²) in [4.78, 5) is 22.4. The van der Waals surface area contributed by atoms with Gasteiger partial charge in [-0.2, -0.15) is 0 Å². The van der Waals surface area contributed by atoms with E-state index in [1.165, 1.54) is 0 Å². The minimum Gasteiger partial charge on any atom is -0.466 e. The molecule has 74 valence electrons. The van der Waals surface area contributed by atoms with Crippen LogP contribution in [0.25, 0.3) is 0 Å². The second-order valence-corrected chi connectivity index (χ2v) is 3.15. The second kappa shape index (κ2) is 4.84. The number of rotatable bonds is 2. The predicted molar refractivity (Wildman–Crippen MR) is 47.0 cm³/mol. The van der Waals surface area contributed by atoms with Crippen LogP contribution in [0.4, 0.5) is 0 Å². The molecule has 1 saturated heterocycles. The summed E-state index contributed by atoms with van der Waals surface area (Å²) in [7, 11) is 0. The number of esters is 1. The molecule has 4 nitrogen and oxygen atoms in total. The average molecular weight is 185 g/mol. The van der Waals surface area contributed by atoms with Gasteiger partial charge in [0.15, 0.2) is 0 Å². The van der Waals surface area contributed by atoms with Crippen LogP contribution in [-0.2, 0) is 14.3 Å². The Hall–Kier alpha value is -1.06. The molecule has 0 aromatic heterocycles. The Kier molecular flexibility index (Phi) is 3.73. The van der Waals surface area contributed by atoms with Crippen molar-refractivity contribution >= 4 is 11.9 Å². The molecular formula is C9H15NO3. The van der Waals surface area contributed by atoms with Crippen molar-refractivity contribution in [2.45, 2.75) is 26.2 Å². The summed E-state index contributed by atoms with van der Waals surface area (Å²) in [6.45, 7) is 2.83. The van der Waals surface area contributed by atoms with Gasteiger partial charge in [0, 0.05) is 13.0 Å². The molecule has 1 unspecified atom stereocenters. The first-order valence-electron chi connectivity index (χ1n) is 4.67. The van der Waals surface area contributed by atoms with Gasteiger partial charge in [0.25, 0.3) is 0 Å². The van der Waals surface area contributed by atoms with Crippen molar-refractivity contribution < 1.29 is 14.3 Å². The van der Waals surface area contributed by atoms with E-state index in [0.29, 0.717) is 13.2 Å². The smallest absolute Gasteiger partial charge is 0.309 e. The fourth-order valence-corrected chi connectivity index (χ4v) is 1.44. The van der Waals surface area contributed by atoms with Crippen LogP contribution in [0.2, 0.25) is 0 Å². The van der Waals surface area contributed by atoms with Gasteiger partial charge in [0.2, 0.25) is 5.91 Å². The molecule has 1 atom stereocenters. The summed E-state index contributed by atoms with van der Waals surface area (Å²) in [5.74, 6) is -0.516. The van der Waals surface area contributed by atoms with Crippen molar-refractivity contribution in [2.24, 2.45) is 5.92 Å². The van der Waals surface area contributed by atoms with Gasteiger partial charge in [-0.25, -0.2) is 0 Å². The lowest BCUT2D eigenvalue weighted by atomic mass is 10.0. The van der Waals surface area contributed by atoms with Gasteiger partial charge < -0.3 is 10.1 Å². The molecule has 0 aromatic rings. The standard InChI is InChI=1S/C9H15NO3/c1-2-13-9(12)7-4-3-5-10-8(11)6-7/h7H,2-6H2,1H3,(H,10,11). The fraction of sp³-hybridized carbons (Fsp3) is 0.778. The highest BCUT2D eigenvalue weighted by atomic mass is 16.5. The highest BCUT2D eigenvalue weighted by Gasteiger charge is 2.24. The molecule has 4 heteroatoms. The van der Waals surface area contributed by atoms with E-state index in [1.807, 2.05) is 0 Å². The van der Waals surface area contributed by atoms with Gasteiger partial charge in [0.05, 0.1) is 12.5 Å². The quantitative estimate of drug-likeness (QED) is 0.636. The van der Waals surface area contributed by atoms with Crippen LogP contribution in [0.3, 0.4) is 0 Å². The lowest BCUT2D eigenvalue weighted by molar-refractivity contribution is -0.149. The molecule has 1 fully saturated rings. The lowest BCUT2D eigenvalue weighted by Crippen LogP contribution is -2.25. The Labute approximate surface area is 77.6 Å². The van der Waals surface area contributed by atoms with Gasteiger partial charge in [-0.1, -0.05) is 0 Å². The van der Waals surface area contributed by atoms with Crippen molar-refractivity contribution in [3.05, 3.63) is 0 Å². The molecule has 0 bridgehead atoms. The lowest BCUT2D eigenvalue weighted by Gasteiger charge is -2.10. The first-order chi connectivity index (χ1) is 6.24. The van der Waals surface area contributed by atoms with Crippen molar-refractivity contribution in [3.8, 4) is 0 Å². The normalized spacial score (nSPS) is 23.2. The van der Waals surface area contributed by atoms with E-state index in [4.69, 9.17) is 4.74 Å². The van der Waals surface area contributed by atoms with E-state index in [-0.39, 0.29) is 24.2 Å². The summed E-state index contributed by atoms with van der Waals surface area (Å²) >= 11 is 0. The molecule has 13 heavy (non-hydrogen) atoms. The summed E-state index contributed by atoms with van der Waals surface area (Å²) in [5.41, 5.74) is 0. The minimum atomic E-state index is -0.237. The Balaban J connectivity index is 2.47. The SMILES string of the molecule is CCOC(=O)C1CCCNC(=O)C1. The van der Waals surface area contributed by atoms with Crippen LogP contribution in [0.5, 0.6) is 0 Å². The topological polar surface area (TPSA) is 55.4 Å². The first-order valence-corrected chi connectivity index (χ1v) is 4.67. The molecule has 0 aromatic carbocycles. The maximum Gasteiger partial charge on any atom is 0.309 e. The summed E-state index contributed by atoms with van der Waals surface area (Å²) < 4.78 is 4.87. The molecule has 0 aliphatic carbocycles. The maximum absolute atomic E-state index is 11.3. The highest BCUT2D eigenvalue weighted by Crippen LogP contribution is 2.15. The Morgan fingerprint density at radius 1 is 1.69 bits per heavy atom. The molecule has 0 saturated carbocycles. The molecule has 1 aliphatic rings. The molecule has 1 aliphatic heterocycles. The number of amides is 1. The Morgan fingerprint density at radius 2 is 2.46 bits per heavy atom. The third kappa shape index (κ3) is 3.05. The minimum absolute atomic E-state index is 0.0458. The van der Waals surface area contributed by atoms with Crippen molar-refractivity contribution in [1.29, 1.82) is 0 Å². The molecule has 1 N–H and O–H groups in total. The zero-order valence-electron chi connectivity index (χ0n) is 7.84. The van der Waals surface area contributed by atoms with Gasteiger partial charge >= 0.3 is 5.97 Å². The van der Waals surface area contributed by atoms with Crippen molar-refractivity contribution in [2.75, 3.05) is 13.2 Å². The zero-order chi connectivity index (χ0) is 9.68. The monoisotopic (exact) mass is 185 g/mol. The summed E-state index contributed by atoms with van der Waals surface area (Å²) in [6.07, 6.45) is 1.88. The van der Waals surface area contributed by atoms with Crippen molar-refractivity contribution in [3.63, 3.8) is 0 Å². The third-order valence-electron chi connectivity index (χ3n) is 2.10. The highest BCUT2D eigenvalue weighted by molar-refractivity contribution is 5.83. The second-order valence-electron chi connectivity index (χ2n) is 3.15. The van der Waals surface area contributed by atoms with Gasteiger partial charge in [-0.15, -0.1) is 0 Å². The number of hydrogen-bond donors (Lipinski definition) is 1. The molecule has 1 rings (SSSR count). The number of nitrogens with one attached hydrogen (secondary N) is 1. The van der Waals surface area contributed by atoms with E-state index < -0.39 is 0 Å². The van der Waals surface area contributed by atoms with Crippen LogP contribution in [-0.4, -0.2) is 25.0 Å². The van der Waals surface area contributed by atoms with Crippen LogP contribution in [0.1, 0.15) is 26.2 Å². The predicted octanol–water partition coefficient (Wildman–Crippen LogP) is 0.466. The Morgan fingerprint density at radius 3 is 3.15 bits per heavy atom. The van der Waals surface area contributed by atoms with Crippen LogP contribution < -0.4 is 5.32 Å². The number of hydrogen-bond acceptors (Lipinski definition) is 3. The van der Waals surface area contributed by atoms with Crippen LogP contribution >= 0.6 is 0 Å². The van der Waals surface area contributed by atoms with E-state index in [0.717, 1.165) is 12.8 Å². The largest absolute Gasteiger partial charge is 0.466 e. The number of carbonyl (C=O) groups excluding carboxylic acids is 2. The van der Waals surface area contributed by atoms with Gasteiger partial charge in [0.1, 0.15) is 0 Å². The number of ether oxygens (including phenoxy) is 1. The maximum atomic E-state index is 11.3. The number of carbonyl (C=O) groups is 2. The molecular weight excluding hydrogens is 170 g/mol. The van der Waals surface area contributed by atoms with Crippen LogP contribution in [0.15, 0.2) is 0 Å². The van der Waals surface area contributed by atoms with E-state index >= 15 is 0 Å². The molecule has 1 amide bonds. The van der Waals surface area contributed by atoms with Gasteiger partial charge in [-0.05, 0) is 19.8 Å². The molecule has 0 spiro atoms. The average Bonchev–Trinajstić information content (AvgIpc) is 2.30. The van der Waals surface area contributed by atoms with E-state index in [2.05, 4.69) is 5.32 Å². The fourth-order valence-electron chi connectivity index (χ4n) is 1.44. The van der Waals surface area contributed by atoms with Crippen molar-refractivity contribution in [1.82, 2.24) is 5.32 Å². The summed E-state index contributed by atoms with van der Waals surface area (Å²) in [6, 6.07) is 0. The third-order valence-corrected chi connectivity index (χ3v) is 2.10. The van der Waals surface area contributed by atoms with E-state index in [9.17, 15) is 9.59 Å². The summed E-state index contributed by atoms with van der Waals surface area (Å²) in [5, 5.41) is 2.72. The molecule has 1 heterocycles. The Bertz CT molecular complexity index is 203.